The van der Waals surface area contributed by atoms with Crippen LogP contribution in [0, 0.1) is 0 Å². The van der Waals surface area contributed by atoms with Gasteiger partial charge in [0, 0.05) is 32.8 Å². The Hall–Kier alpha value is -1.18. The Kier molecular flexibility index (Phi) is 10.9. The van der Waals surface area contributed by atoms with Crippen molar-refractivity contribution in [2.24, 2.45) is 0 Å². The Bertz CT molecular complexity index is 285. The predicted molar refractivity (Wildman–Crippen MR) is 78.6 cm³/mol. The Labute approximate surface area is 121 Å². The van der Waals surface area contributed by atoms with E-state index in [0.29, 0.717) is 26.2 Å². The van der Waals surface area contributed by atoms with Gasteiger partial charge in [0.2, 0.25) is 11.8 Å². The molecule has 7 nitrogen and oxygen atoms in total. The van der Waals surface area contributed by atoms with Crippen LogP contribution in [0.15, 0.2) is 0 Å². The molecule has 0 bridgehead atoms. The number of likely N-dealkylation sites (N-methyl/N-ethyl adjacent to an activating group) is 2. The highest BCUT2D eigenvalue weighted by Crippen LogP contribution is 1.81. The van der Waals surface area contributed by atoms with E-state index in [9.17, 15) is 9.59 Å². The van der Waals surface area contributed by atoms with Gasteiger partial charge in [0.05, 0.1) is 6.54 Å². The van der Waals surface area contributed by atoms with E-state index in [4.69, 9.17) is 4.74 Å². The average Bonchev–Trinajstić information content (AvgIpc) is 2.35. The summed E-state index contributed by atoms with van der Waals surface area (Å²) in [6.07, 6.45) is 0. The van der Waals surface area contributed by atoms with E-state index < -0.39 is 0 Å². The first-order valence-electron chi connectivity index (χ1n) is 6.90. The van der Waals surface area contributed by atoms with Gasteiger partial charge in [-0.15, -0.1) is 0 Å². The third-order valence-electron chi connectivity index (χ3n) is 2.53. The SMILES string of the molecule is CCOCC(=O)NCCN(C)CCNC(=O)CN(C)C. The summed E-state index contributed by atoms with van der Waals surface area (Å²) in [6, 6.07) is 0. The fraction of sp³-hybridized carbons (Fsp3) is 0.846. The summed E-state index contributed by atoms with van der Waals surface area (Å²) in [4.78, 5) is 26.5. The van der Waals surface area contributed by atoms with Gasteiger partial charge in [0.15, 0.2) is 0 Å². The van der Waals surface area contributed by atoms with Gasteiger partial charge in [0.1, 0.15) is 6.61 Å². The Morgan fingerprint density at radius 1 is 1.00 bits per heavy atom. The third kappa shape index (κ3) is 11.9. The van der Waals surface area contributed by atoms with E-state index in [1.165, 1.54) is 0 Å². The summed E-state index contributed by atoms with van der Waals surface area (Å²) in [5.74, 6) is -0.0760. The Balaban J connectivity index is 3.52. The number of carbonyl (C=O) groups excluding carboxylic acids is 2. The van der Waals surface area contributed by atoms with Crippen molar-refractivity contribution in [2.45, 2.75) is 6.92 Å². The van der Waals surface area contributed by atoms with E-state index in [1.807, 2.05) is 33.0 Å². The fourth-order valence-electron chi connectivity index (χ4n) is 1.47. The van der Waals surface area contributed by atoms with Crippen molar-refractivity contribution in [3.05, 3.63) is 0 Å². The molecule has 0 radical (unpaired) electrons. The first-order valence-corrected chi connectivity index (χ1v) is 6.90. The molecule has 0 aliphatic carbocycles. The second-order valence-electron chi connectivity index (χ2n) is 4.88. The van der Waals surface area contributed by atoms with Crippen molar-refractivity contribution in [2.75, 3.05) is 67.1 Å². The van der Waals surface area contributed by atoms with E-state index >= 15 is 0 Å². The smallest absolute Gasteiger partial charge is 0.246 e. The molecule has 0 aromatic carbocycles. The number of rotatable bonds is 11. The van der Waals surface area contributed by atoms with Crippen LogP contribution in [0.3, 0.4) is 0 Å². The summed E-state index contributed by atoms with van der Waals surface area (Å²) < 4.78 is 5.00. The molecule has 20 heavy (non-hydrogen) atoms. The highest BCUT2D eigenvalue weighted by molar-refractivity contribution is 5.78. The zero-order valence-electron chi connectivity index (χ0n) is 13.1. The van der Waals surface area contributed by atoms with Gasteiger partial charge in [-0.25, -0.2) is 0 Å². The zero-order chi connectivity index (χ0) is 15.4. The first kappa shape index (κ1) is 18.8. The van der Waals surface area contributed by atoms with Crippen LogP contribution in [-0.2, 0) is 14.3 Å². The number of nitrogens with zero attached hydrogens (tertiary/aromatic N) is 2. The van der Waals surface area contributed by atoms with E-state index in [2.05, 4.69) is 15.5 Å². The number of carbonyl (C=O) groups is 2. The molecule has 2 amide bonds. The summed E-state index contributed by atoms with van der Waals surface area (Å²) in [6.45, 7) is 5.58. The van der Waals surface area contributed by atoms with Crippen LogP contribution >= 0.6 is 0 Å². The van der Waals surface area contributed by atoms with Gasteiger partial charge >= 0.3 is 0 Å². The molecule has 0 atom stereocenters. The normalized spacial score (nSPS) is 10.9. The summed E-state index contributed by atoms with van der Waals surface area (Å²) in [7, 11) is 5.67. The molecule has 118 valence electrons. The predicted octanol–water partition coefficient (Wildman–Crippen LogP) is -1.25. The number of hydrogen-bond donors (Lipinski definition) is 2. The maximum Gasteiger partial charge on any atom is 0.246 e. The second kappa shape index (κ2) is 11.6. The molecular weight excluding hydrogens is 260 g/mol. The van der Waals surface area contributed by atoms with E-state index in [-0.39, 0.29) is 18.4 Å². The van der Waals surface area contributed by atoms with E-state index in [1.54, 1.807) is 0 Å². The highest BCUT2D eigenvalue weighted by atomic mass is 16.5. The molecule has 0 aromatic heterocycles. The van der Waals surface area contributed by atoms with Crippen molar-refractivity contribution < 1.29 is 14.3 Å². The topological polar surface area (TPSA) is 73.9 Å². The van der Waals surface area contributed by atoms with Crippen molar-refractivity contribution in [1.29, 1.82) is 0 Å². The lowest BCUT2D eigenvalue weighted by molar-refractivity contribution is -0.125. The fourth-order valence-corrected chi connectivity index (χ4v) is 1.47. The first-order chi connectivity index (χ1) is 9.45. The summed E-state index contributed by atoms with van der Waals surface area (Å²) in [5.41, 5.74) is 0. The van der Waals surface area contributed by atoms with Gasteiger partial charge in [0.25, 0.3) is 0 Å². The van der Waals surface area contributed by atoms with Crippen molar-refractivity contribution in [3.63, 3.8) is 0 Å². The Morgan fingerprint density at radius 2 is 1.55 bits per heavy atom. The maximum absolute atomic E-state index is 11.4. The zero-order valence-corrected chi connectivity index (χ0v) is 13.1. The largest absolute Gasteiger partial charge is 0.372 e. The molecule has 0 rings (SSSR count). The minimum atomic E-state index is -0.0977. The minimum Gasteiger partial charge on any atom is -0.372 e. The number of ether oxygens (including phenoxy) is 1. The van der Waals surface area contributed by atoms with Gasteiger partial charge in [-0.05, 0) is 28.1 Å². The van der Waals surface area contributed by atoms with Crippen LogP contribution in [-0.4, -0.2) is 88.7 Å². The monoisotopic (exact) mass is 288 g/mol. The molecule has 0 aliphatic heterocycles. The molecule has 0 spiro atoms. The van der Waals surface area contributed by atoms with E-state index in [0.717, 1.165) is 13.1 Å². The lowest BCUT2D eigenvalue weighted by Gasteiger charge is -2.17. The molecule has 0 saturated heterocycles. The lowest BCUT2D eigenvalue weighted by atomic mass is 10.4. The highest BCUT2D eigenvalue weighted by Gasteiger charge is 2.04. The molecule has 2 N–H and O–H groups in total. The average molecular weight is 288 g/mol. The van der Waals surface area contributed by atoms with Crippen molar-refractivity contribution in [1.82, 2.24) is 20.4 Å². The molecular formula is C13H28N4O3. The summed E-state index contributed by atoms with van der Waals surface area (Å²) in [5, 5.41) is 5.62. The van der Waals surface area contributed by atoms with Crippen LogP contribution in [0.2, 0.25) is 0 Å². The number of nitrogens with one attached hydrogen (secondary N) is 2. The Morgan fingerprint density at radius 3 is 2.05 bits per heavy atom. The van der Waals surface area contributed by atoms with Crippen LogP contribution < -0.4 is 10.6 Å². The number of amides is 2. The minimum absolute atomic E-state index is 0.0217. The molecule has 7 heteroatoms. The molecule has 0 aliphatic rings. The maximum atomic E-state index is 11.4. The lowest BCUT2D eigenvalue weighted by Crippen LogP contribution is -2.40. The van der Waals surface area contributed by atoms with Gasteiger partial charge in [-0.2, -0.15) is 0 Å². The molecule has 0 saturated carbocycles. The summed E-state index contributed by atoms with van der Waals surface area (Å²) >= 11 is 0. The van der Waals surface area contributed by atoms with Crippen molar-refractivity contribution in [3.8, 4) is 0 Å². The van der Waals surface area contributed by atoms with Gasteiger partial charge < -0.3 is 25.2 Å². The quantitative estimate of drug-likeness (QED) is 0.497. The van der Waals surface area contributed by atoms with Crippen LogP contribution in [0.1, 0.15) is 6.92 Å². The van der Waals surface area contributed by atoms with Crippen LogP contribution in [0.4, 0.5) is 0 Å². The molecule has 0 aromatic rings. The number of hydrogen-bond acceptors (Lipinski definition) is 5. The molecule has 0 fully saturated rings. The second-order valence-corrected chi connectivity index (χ2v) is 4.88. The van der Waals surface area contributed by atoms with Crippen molar-refractivity contribution >= 4 is 11.8 Å². The van der Waals surface area contributed by atoms with Crippen LogP contribution in [0.25, 0.3) is 0 Å². The molecule has 0 unspecified atom stereocenters. The van der Waals surface area contributed by atoms with Gasteiger partial charge in [-0.3, -0.25) is 9.59 Å². The third-order valence-corrected chi connectivity index (χ3v) is 2.53. The molecule has 0 heterocycles. The van der Waals surface area contributed by atoms with Crippen LogP contribution in [0.5, 0.6) is 0 Å². The van der Waals surface area contributed by atoms with Gasteiger partial charge in [-0.1, -0.05) is 0 Å². The standard InChI is InChI=1S/C13H28N4O3/c1-5-20-11-13(19)15-7-9-17(4)8-6-14-12(18)10-16(2)3/h5-11H2,1-4H3,(H,14,18)(H,15,19).